The van der Waals surface area contributed by atoms with Crippen molar-refractivity contribution in [1.82, 2.24) is 4.98 Å². The van der Waals surface area contributed by atoms with Gasteiger partial charge in [-0.3, -0.25) is 4.79 Å². The van der Waals surface area contributed by atoms with Crippen molar-refractivity contribution in [3.63, 3.8) is 0 Å². The molecule has 1 aliphatic rings. The standard InChI is InChI=1S/C16H15BrN2O2/c17-12-6-7-15(18-10-12)16(20)19(14-8-9-21-11-14)13-4-2-1-3-5-13/h1-7,10,14H,8-9,11H2/t14-/m0/s1. The predicted molar refractivity (Wildman–Crippen MR) is 84.4 cm³/mol. The Balaban J connectivity index is 1.94. The quantitative estimate of drug-likeness (QED) is 0.856. The second-order valence-electron chi connectivity index (χ2n) is 4.89. The number of ether oxygens (including phenoxy) is 1. The van der Waals surface area contributed by atoms with Gasteiger partial charge in [-0.25, -0.2) is 4.98 Å². The van der Waals surface area contributed by atoms with Crippen LogP contribution in [0.5, 0.6) is 0 Å². The normalized spacial score (nSPS) is 17.7. The minimum absolute atomic E-state index is 0.0605. The molecule has 1 atom stereocenters. The summed E-state index contributed by atoms with van der Waals surface area (Å²) in [5.74, 6) is -0.0933. The zero-order valence-electron chi connectivity index (χ0n) is 11.4. The number of halogens is 1. The second-order valence-corrected chi connectivity index (χ2v) is 5.81. The molecular formula is C16H15BrN2O2. The van der Waals surface area contributed by atoms with Crippen LogP contribution in [-0.2, 0) is 4.74 Å². The molecule has 0 N–H and O–H groups in total. The first-order valence-corrected chi connectivity index (χ1v) is 7.63. The summed E-state index contributed by atoms with van der Waals surface area (Å²) >= 11 is 3.34. The van der Waals surface area contributed by atoms with Crippen LogP contribution in [0.25, 0.3) is 0 Å². The molecule has 3 rings (SSSR count). The summed E-state index contributed by atoms with van der Waals surface area (Å²) in [7, 11) is 0. The number of para-hydroxylation sites is 1. The maximum atomic E-state index is 12.8. The van der Waals surface area contributed by atoms with Gasteiger partial charge in [0.05, 0.1) is 12.6 Å². The molecule has 0 bridgehead atoms. The van der Waals surface area contributed by atoms with Gasteiger partial charge in [-0.2, -0.15) is 0 Å². The lowest BCUT2D eigenvalue weighted by atomic mass is 10.1. The molecule has 0 unspecified atom stereocenters. The molecule has 5 heteroatoms. The monoisotopic (exact) mass is 346 g/mol. The fraction of sp³-hybridized carbons (Fsp3) is 0.250. The number of pyridine rings is 1. The number of amides is 1. The molecule has 0 saturated carbocycles. The highest BCUT2D eigenvalue weighted by Gasteiger charge is 2.29. The third-order valence-electron chi connectivity index (χ3n) is 3.47. The molecule has 1 aliphatic heterocycles. The lowest BCUT2D eigenvalue weighted by Gasteiger charge is -2.27. The molecule has 0 aliphatic carbocycles. The van der Waals surface area contributed by atoms with Crippen LogP contribution in [0.1, 0.15) is 16.9 Å². The maximum Gasteiger partial charge on any atom is 0.277 e. The summed E-state index contributed by atoms with van der Waals surface area (Å²) in [6, 6.07) is 13.3. The molecule has 4 nitrogen and oxygen atoms in total. The fourth-order valence-corrected chi connectivity index (χ4v) is 2.67. The van der Waals surface area contributed by atoms with E-state index in [0.717, 1.165) is 16.6 Å². The first-order chi connectivity index (χ1) is 10.3. The van der Waals surface area contributed by atoms with Crippen LogP contribution in [0.15, 0.2) is 53.1 Å². The molecule has 0 spiro atoms. The number of carbonyl (C=O) groups excluding carboxylic acids is 1. The Hall–Kier alpha value is -1.72. The van der Waals surface area contributed by atoms with Gasteiger partial charge in [0.1, 0.15) is 5.69 Å². The zero-order chi connectivity index (χ0) is 14.7. The van der Waals surface area contributed by atoms with E-state index in [4.69, 9.17) is 4.74 Å². The lowest BCUT2D eigenvalue weighted by Crippen LogP contribution is -2.41. The predicted octanol–water partition coefficient (Wildman–Crippen LogP) is 3.28. The first-order valence-electron chi connectivity index (χ1n) is 6.83. The van der Waals surface area contributed by atoms with Gasteiger partial charge in [0, 0.05) is 23.0 Å². The molecule has 1 aromatic heterocycles. The summed E-state index contributed by atoms with van der Waals surface area (Å²) in [5.41, 5.74) is 1.32. The van der Waals surface area contributed by atoms with Crippen molar-refractivity contribution in [2.24, 2.45) is 0 Å². The number of aromatic nitrogens is 1. The fourth-order valence-electron chi connectivity index (χ4n) is 2.43. The van der Waals surface area contributed by atoms with Gasteiger partial charge in [-0.1, -0.05) is 18.2 Å². The molecule has 1 aromatic carbocycles. The van der Waals surface area contributed by atoms with E-state index in [1.165, 1.54) is 0 Å². The Morgan fingerprint density at radius 2 is 2.05 bits per heavy atom. The lowest BCUT2D eigenvalue weighted by molar-refractivity contribution is 0.0967. The molecule has 2 aromatic rings. The number of benzene rings is 1. The van der Waals surface area contributed by atoms with Crippen molar-refractivity contribution in [1.29, 1.82) is 0 Å². The number of anilines is 1. The van der Waals surface area contributed by atoms with E-state index in [1.54, 1.807) is 17.2 Å². The molecule has 108 valence electrons. The minimum atomic E-state index is -0.0933. The molecule has 2 heterocycles. The van der Waals surface area contributed by atoms with Gasteiger partial charge in [0.25, 0.3) is 5.91 Å². The first kappa shape index (κ1) is 14.2. The van der Waals surface area contributed by atoms with E-state index in [2.05, 4.69) is 20.9 Å². The highest BCUT2D eigenvalue weighted by molar-refractivity contribution is 9.10. The van der Waals surface area contributed by atoms with Gasteiger partial charge in [0.15, 0.2) is 0 Å². The van der Waals surface area contributed by atoms with E-state index in [1.807, 2.05) is 36.4 Å². The van der Waals surface area contributed by atoms with Crippen LogP contribution in [0, 0.1) is 0 Å². The van der Waals surface area contributed by atoms with Gasteiger partial charge in [-0.15, -0.1) is 0 Å². The van der Waals surface area contributed by atoms with Gasteiger partial charge in [0.2, 0.25) is 0 Å². The van der Waals surface area contributed by atoms with Crippen molar-refractivity contribution in [2.75, 3.05) is 18.1 Å². The smallest absolute Gasteiger partial charge is 0.277 e. The summed E-state index contributed by atoms with van der Waals surface area (Å²) in [6.45, 7) is 1.26. The van der Waals surface area contributed by atoms with E-state index >= 15 is 0 Å². The summed E-state index contributed by atoms with van der Waals surface area (Å²) in [4.78, 5) is 18.8. The van der Waals surface area contributed by atoms with E-state index < -0.39 is 0 Å². The number of hydrogen-bond acceptors (Lipinski definition) is 3. The van der Waals surface area contributed by atoms with Gasteiger partial charge in [-0.05, 0) is 46.6 Å². The Bertz CT molecular complexity index is 610. The van der Waals surface area contributed by atoms with Gasteiger partial charge >= 0.3 is 0 Å². The summed E-state index contributed by atoms with van der Waals surface area (Å²) in [6.07, 6.45) is 2.48. The summed E-state index contributed by atoms with van der Waals surface area (Å²) in [5, 5.41) is 0. The SMILES string of the molecule is O=C(c1ccc(Br)cn1)N(c1ccccc1)[C@H]1CCOC1. The van der Waals surface area contributed by atoms with E-state index in [9.17, 15) is 4.79 Å². The van der Waals surface area contributed by atoms with Crippen molar-refractivity contribution in [2.45, 2.75) is 12.5 Å². The van der Waals surface area contributed by atoms with Crippen LogP contribution in [0.3, 0.4) is 0 Å². The van der Waals surface area contributed by atoms with E-state index in [0.29, 0.717) is 18.9 Å². The van der Waals surface area contributed by atoms with E-state index in [-0.39, 0.29) is 11.9 Å². The molecule has 1 fully saturated rings. The molecule has 1 amide bonds. The number of hydrogen-bond donors (Lipinski definition) is 0. The highest BCUT2D eigenvalue weighted by atomic mass is 79.9. The molecule has 0 radical (unpaired) electrons. The van der Waals surface area contributed by atoms with Crippen LogP contribution < -0.4 is 4.90 Å². The molecule has 1 saturated heterocycles. The Morgan fingerprint density at radius 3 is 2.67 bits per heavy atom. The maximum absolute atomic E-state index is 12.8. The number of rotatable bonds is 3. The molecular weight excluding hydrogens is 332 g/mol. The zero-order valence-corrected chi connectivity index (χ0v) is 13.0. The second kappa shape index (κ2) is 6.37. The van der Waals surface area contributed by atoms with Crippen molar-refractivity contribution in [3.8, 4) is 0 Å². The van der Waals surface area contributed by atoms with Crippen LogP contribution in [-0.4, -0.2) is 30.1 Å². The van der Waals surface area contributed by atoms with Gasteiger partial charge < -0.3 is 9.64 Å². The highest BCUT2D eigenvalue weighted by Crippen LogP contribution is 2.24. The Labute approximate surface area is 131 Å². The van der Waals surface area contributed by atoms with Crippen LogP contribution in [0.2, 0.25) is 0 Å². The summed E-state index contributed by atoms with van der Waals surface area (Å²) < 4.78 is 6.30. The Morgan fingerprint density at radius 1 is 1.24 bits per heavy atom. The molecule has 21 heavy (non-hydrogen) atoms. The topological polar surface area (TPSA) is 42.4 Å². The average Bonchev–Trinajstić information content (AvgIpc) is 3.03. The van der Waals surface area contributed by atoms with Crippen molar-refractivity contribution in [3.05, 3.63) is 58.8 Å². The number of nitrogens with zero attached hydrogens (tertiary/aromatic N) is 2. The third-order valence-corrected chi connectivity index (χ3v) is 3.94. The van der Waals surface area contributed by atoms with Crippen molar-refractivity contribution < 1.29 is 9.53 Å². The largest absolute Gasteiger partial charge is 0.379 e. The Kier molecular flexibility index (Phi) is 4.31. The van der Waals surface area contributed by atoms with Crippen LogP contribution >= 0.6 is 15.9 Å². The average molecular weight is 347 g/mol. The number of carbonyl (C=O) groups is 1. The van der Waals surface area contributed by atoms with Crippen molar-refractivity contribution >= 4 is 27.5 Å². The third kappa shape index (κ3) is 3.14. The van der Waals surface area contributed by atoms with Crippen LogP contribution in [0.4, 0.5) is 5.69 Å². The minimum Gasteiger partial charge on any atom is -0.379 e.